The number of thiazole rings is 1. The van der Waals surface area contributed by atoms with Gasteiger partial charge in [0.1, 0.15) is 12.1 Å². The maximum Gasteiger partial charge on any atom is 0.250 e. The first kappa shape index (κ1) is 21.0. The predicted octanol–water partition coefficient (Wildman–Crippen LogP) is 3.02. The lowest BCUT2D eigenvalue weighted by molar-refractivity contribution is -0.119. The molecule has 1 saturated heterocycles. The van der Waals surface area contributed by atoms with Crippen molar-refractivity contribution in [3.63, 3.8) is 0 Å². The first-order chi connectivity index (χ1) is 15.6. The van der Waals surface area contributed by atoms with Gasteiger partial charge in [0.05, 0.1) is 28.9 Å². The molecular formula is C23H26N6O2S. The van der Waals surface area contributed by atoms with Crippen LogP contribution in [0.25, 0.3) is 21.3 Å². The SMILES string of the molecule is Cc1ccc2sc(N(CCN3CCOCC3)C(=O)Cn3nnc4ccccc43)nc2c1C. The average Bonchev–Trinajstić information content (AvgIpc) is 3.42. The third-order valence-electron chi connectivity index (χ3n) is 6.05. The second kappa shape index (κ2) is 8.93. The molecule has 9 heteroatoms. The Kier molecular flexibility index (Phi) is 5.86. The van der Waals surface area contributed by atoms with E-state index in [0.717, 1.165) is 64.8 Å². The van der Waals surface area contributed by atoms with E-state index in [1.165, 1.54) is 5.56 Å². The van der Waals surface area contributed by atoms with Crippen molar-refractivity contribution in [2.24, 2.45) is 0 Å². The summed E-state index contributed by atoms with van der Waals surface area (Å²) in [7, 11) is 0. The number of carbonyl (C=O) groups is 1. The zero-order valence-corrected chi connectivity index (χ0v) is 19.1. The molecule has 2 aromatic carbocycles. The predicted molar refractivity (Wildman–Crippen MR) is 126 cm³/mol. The molecule has 2 aromatic heterocycles. The minimum Gasteiger partial charge on any atom is -0.379 e. The van der Waals surface area contributed by atoms with Crippen molar-refractivity contribution in [2.45, 2.75) is 20.4 Å². The molecule has 1 aliphatic heterocycles. The highest BCUT2D eigenvalue weighted by atomic mass is 32.1. The molecule has 166 valence electrons. The Morgan fingerprint density at radius 1 is 1.16 bits per heavy atom. The number of benzene rings is 2. The van der Waals surface area contributed by atoms with Crippen molar-refractivity contribution in [3.05, 3.63) is 47.5 Å². The molecule has 1 amide bonds. The van der Waals surface area contributed by atoms with E-state index in [1.54, 1.807) is 16.0 Å². The lowest BCUT2D eigenvalue weighted by Gasteiger charge is -2.29. The number of rotatable bonds is 6. The van der Waals surface area contributed by atoms with Crippen LogP contribution in [-0.4, -0.2) is 70.2 Å². The molecule has 0 N–H and O–H groups in total. The van der Waals surface area contributed by atoms with Gasteiger partial charge in [-0.2, -0.15) is 0 Å². The number of aromatic nitrogens is 4. The summed E-state index contributed by atoms with van der Waals surface area (Å²) in [6.07, 6.45) is 0. The fourth-order valence-corrected chi connectivity index (χ4v) is 5.04. The van der Waals surface area contributed by atoms with Crippen molar-refractivity contribution in [2.75, 3.05) is 44.3 Å². The quantitative estimate of drug-likeness (QED) is 0.450. The van der Waals surface area contributed by atoms with E-state index >= 15 is 0 Å². The van der Waals surface area contributed by atoms with Crippen LogP contribution in [0.4, 0.5) is 5.13 Å². The first-order valence-corrected chi connectivity index (χ1v) is 11.7. The minimum atomic E-state index is -0.0395. The average molecular weight is 451 g/mol. The third-order valence-corrected chi connectivity index (χ3v) is 7.10. The number of para-hydroxylation sites is 1. The Labute approximate surface area is 190 Å². The lowest BCUT2D eigenvalue weighted by atomic mass is 10.1. The number of fused-ring (bicyclic) bond motifs is 2. The molecular weight excluding hydrogens is 424 g/mol. The second-order valence-electron chi connectivity index (χ2n) is 8.09. The Bertz CT molecular complexity index is 1260. The molecule has 8 nitrogen and oxygen atoms in total. The van der Waals surface area contributed by atoms with Crippen LogP contribution in [-0.2, 0) is 16.1 Å². The summed E-state index contributed by atoms with van der Waals surface area (Å²) in [5.74, 6) is -0.0395. The van der Waals surface area contributed by atoms with Crippen molar-refractivity contribution in [1.29, 1.82) is 0 Å². The highest BCUT2D eigenvalue weighted by molar-refractivity contribution is 7.22. The topological polar surface area (TPSA) is 76.4 Å². The number of hydrogen-bond donors (Lipinski definition) is 0. The zero-order valence-electron chi connectivity index (χ0n) is 18.3. The number of aryl methyl sites for hydroxylation is 2. The van der Waals surface area contributed by atoms with Crippen LogP contribution in [0.15, 0.2) is 36.4 Å². The van der Waals surface area contributed by atoms with E-state index in [-0.39, 0.29) is 12.5 Å². The first-order valence-electron chi connectivity index (χ1n) is 10.9. The Balaban J connectivity index is 1.44. The van der Waals surface area contributed by atoms with Gasteiger partial charge < -0.3 is 4.74 Å². The normalized spacial score (nSPS) is 14.9. The number of anilines is 1. The molecule has 3 heterocycles. The summed E-state index contributed by atoms with van der Waals surface area (Å²) in [5.41, 5.74) is 4.97. The molecule has 5 rings (SSSR count). The van der Waals surface area contributed by atoms with Crippen molar-refractivity contribution in [3.8, 4) is 0 Å². The molecule has 1 aliphatic rings. The van der Waals surface area contributed by atoms with Gasteiger partial charge in [-0.25, -0.2) is 9.67 Å². The maximum absolute atomic E-state index is 13.5. The van der Waals surface area contributed by atoms with Gasteiger partial charge in [-0.15, -0.1) is 5.10 Å². The van der Waals surface area contributed by atoms with Gasteiger partial charge >= 0.3 is 0 Å². The van der Waals surface area contributed by atoms with Gasteiger partial charge in [0.15, 0.2) is 5.13 Å². The smallest absolute Gasteiger partial charge is 0.250 e. The molecule has 0 saturated carbocycles. The van der Waals surface area contributed by atoms with Crippen LogP contribution in [0.3, 0.4) is 0 Å². The van der Waals surface area contributed by atoms with Crippen LogP contribution < -0.4 is 4.90 Å². The highest BCUT2D eigenvalue weighted by Gasteiger charge is 2.23. The molecule has 0 atom stereocenters. The number of nitrogens with zero attached hydrogens (tertiary/aromatic N) is 6. The van der Waals surface area contributed by atoms with E-state index in [9.17, 15) is 4.79 Å². The van der Waals surface area contributed by atoms with Crippen LogP contribution in [0.5, 0.6) is 0 Å². The molecule has 0 bridgehead atoms. The molecule has 1 fully saturated rings. The van der Waals surface area contributed by atoms with Gasteiger partial charge in [0, 0.05) is 26.2 Å². The number of hydrogen-bond acceptors (Lipinski definition) is 7. The second-order valence-corrected chi connectivity index (χ2v) is 9.09. The van der Waals surface area contributed by atoms with E-state index in [4.69, 9.17) is 9.72 Å². The summed E-state index contributed by atoms with van der Waals surface area (Å²) in [6.45, 7) is 8.88. The summed E-state index contributed by atoms with van der Waals surface area (Å²) in [6, 6.07) is 11.9. The Morgan fingerprint density at radius 2 is 1.97 bits per heavy atom. The summed E-state index contributed by atoms with van der Waals surface area (Å²) < 4.78 is 8.23. The number of amides is 1. The Hall–Kier alpha value is -2.88. The molecule has 0 spiro atoms. The van der Waals surface area contributed by atoms with Gasteiger partial charge in [0.25, 0.3) is 5.91 Å². The summed E-state index contributed by atoms with van der Waals surface area (Å²) in [4.78, 5) is 22.5. The van der Waals surface area contributed by atoms with Crippen molar-refractivity contribution >= 4 is 43.6 Å². The number of carbonyl (C=O) groups excluding carboxylic acids is 1. The molecule has 32 heavy (non-hydrogen) atoms. The largest absolute Gasteiger partial charge is 0.379 e. The van der Waals surface area contributed by atoms with E-state index in [0.29, 0.717) is 6.54 Å². The van der Waals surface area contributed by atoms with Crippen LogP contribution >= 0.6 is 11.3 Å². The molecule has 0 unspecified atom stereocenters. The summed E-state index contributed by atoms with van der Waals surface area (Å²) >= 11 is 1.56. The molecule has 4 aromatic rings. The van der Waals surface area contributed by atoms with Crippen LogP contribution in [0, 0.1) is 13.8 Å². The van der Waals surface area contributed by atoms with Gasteiger partial charge in [-0.1, -0.05) is 34.7 Å². The van der Waals surface area contributed by atoms with E-state index in [1.807, 2.05) is 29.2 Å². The van der Waals surface area contributed by atoms with Crippen LogP contribution in [0.2, 0.25) is 0 Å². The fourth-order valence-electron chi connectivity index (χ4n) is 3.97. The number of morpholine rings is 1. The fraction of sp³-hybridized carbons (Fsp3) is 0.391. The number of ether oxygens (including phenoxy) is 1. The molecule has 0 aliphatic carbocycles. The van der Waals surface area contributed by atoms with E-state index in [2.05, 4.69) is 41.2 Å². The Morgan fingerprint density at radius 3 is 2.81 bits per heavy atom. The monoisotopic (exact) mass is 450 g/mol. The highest BCUT2D eigenvalue weighted by Crippen LogP contribution is 2.32. The van der Waals surface area contributed by atoms with Gasteiger partial charge in [-0.3, -0.25) is 14.6 Å². The van der Waals surface area contributed by atoms with Crippen molar-refractivity contribution < 1.29 is 9.53 Å². The van der Waals surface area contributed by atoms with Gasteiger partial charge in [0.2, 0.25) is 0 Å². The third kappa shape index (κ3) is 4.11. The van der Waals surface area contributed by atoms with Crippen molar-refractivity contribution in [1.82, 2.24) is 24.9 Å². The standard InChI is InChI=1S/C23H26N6O2S/c1-16-7-8-20-22(17(16)2)24-23(32-20)28(10-9-27-11-13-31-14-12-27)21(30)15-29-19-6-4-3-5-18(19)25-26-29/h3-8H,9-15H2,1-2H3. The lowest BCUT2D eigenvalue weighted by Crippen LogP contribution is -2.44. The van der Waals surface area contributed by atoms with Crippen LogP contribution in [0.1, 0.15) is 11.1 Å². The minimum absolute atomic E-state index is 0.0395. The maximum atomic E-state index is 13.5. The zero-order chi connectivity index (χ0) is 22.1. The summed E-state index contributed by atoms with van der Waals surface area (Å²) in [5, 5.41) is 9.12. The van der Waals surface area contributed by atoms with E-state index < -0.39 is 0 Å². The molecule has 0 radical (unpaired) electrons. The van der Waals surface area contributed by atoms with Gasteiger partial charge in [-0.05, 0) is 43.2 Å².